The molecule has 1 aromatic carbocycles. The number of anilines is 2. The van der Waals surface area contributed by atoms with Crippen molar-refractivity contribution in [1.82, 2.24) is 4.98 Å². The minimum Gasteiger partial charge on any atom is -0.395 e. The number of halogens is 4. The summed E-state index contributed by atoms with van der Waals surface area (Å²) in [6.45, 7) is 0. The molecule has 18 heavy (non-hydrogen) atoms. The molecule has 0 aliphatic rings. The highest BCUT2D eigenvalue weighted by molar-refractivity contribution is 6.33. The van der Waals surface area contributed by atoms with Gasteiger partial charge in [-0.25, -0.2) is 4.98 Å². The molecule has 0 bridgehead atoms. The first-order chi connectivity index (χ1) is 8.34. The number of fused-ring (bicyclic) bond motifs is 1. The number of rotatable bonds is 1. The van der Waals surface area contributed by atoms with Crippen molar-refractivity contribution < 1.29 is 13.2 Å². The van der Waals surface area contributed by atoms with Crippen molar-refractivity contribution in [2.45, 2.75) is 6.18 Å². The van der Waals surface area contributed by atoms with Gasteiger partial charge in [0.25, 0.3) is 0 Å². The molecule has 0 aliphatic carbocycles. The monoisotopic (exact) mass is 275 g/mol. The molecule has 2 rings (SSSR count). The lowest BCUT2D eigenvalue weighted by Crippen LogP contribution is -2.06. The Hall–Kier alpha value is -1.69. The van der Waals surface area contributed by atoms with E-state index in [1.807, 2.05) is 0 Å². The molecule has 96 valence electrons. The van der Waals surface area contributed by atoms with Crippen LogP contribution in [0.5, 0.6) is 0 Å². The van der Waals surface area contributed by atoms with Gasteiger partial charge in [0.15, 0.2) is 5.15 Å². The van der Waals surface area contributed by atoms with Crippen LogP contribution in [0.3, 0.4) is 0 Å². The van der Waals surface area contributed by atoms with Crippen LogP contribution in [0.15, 0.2) is 18.2 Å². The third kappa shape index (κ3) is 2.03. The topological polar surface area (TPSA) is 50.9 Å². The standard InChI is InChI=1S/C11H9ClF3N3/c1-17-9-6-3-2-5(11(13,14)15)4-7(6)18-10(12)8(9)16/h2-4H,16H2,1H3,(H,17,18). The minimum absolute atomic E-state index is 0.0221. The molecule has 0 radical (unpaired) electrons. The zero-order valence-electron chi connectivity index (χ0n) is 9.27. The van der Waals surface area contributed by atoms with Crippen LogP contribution in [0.1, 0.15) is 5.56 Å². The van der Waals surface area contributed by atoms with E-state index in [9.17, 15) is 13.2 Å². The summed E-state index contributed by atoms with van der Waals surface area (Å²) in [6, 6.07) is 3.25. The Kier molecular flexibility index (Phi) is 2.98. The lowest BCUT2D eigenvalue weighted by Gasteiger charge is -2.12. The van der Waals surface area contributed by atoms with Gasteiger partial charge in [-0.05, 0) is 12.1 Å². The summed E-state index contributed by atoms with van der Waals surface area (Å²) in [4.78, 5) is 3.86. The van der Waals surface area contributed by atoms with Gasteiger partial charge in [0.1, 0.15) is 0 Å². The van der Waals surface area contributed by atoms with Gasteiger partial charge < -0.3 is 11.1 Å². The number of pyridine rings is 1. The Morgan fingerprint density at radius 2 is 2.00 bits per heavy atom. The van der Waals surface area contributed by atoms with Gasteiger partial charge in [0, 0.05) is 12.4 Å². The van der Waals surface area contributed by atoms with E-state index in [0.717, 1.165) is 12.1 Å². The molecule has 0 aliphatic heterocycles. The number of nitrogens with one attached hydrogen (secondary N) is 1. The number of hydrogen-bond acceptors (Lipinski definition) is 3. The molecule has 0 unspecified atom stereocenters. The fraction of sp³-hybridized carbons (Fsp3) is 0.182. The molecule has 0 fully saturated rings. The molecule has 3 N–H and O–H groups in total. The summed E-state index contributed by atoms with van der Waals surface area (Å²) in [7, 11) is 1.61. The number of benzene rings is 1. The smallest absolute Gasteiger partial charge is 0.395 e. The predicted octanol–water partition coefficient (Wildman–Crippen LogP) is 3.53. The highest BCUT2D eigenvalue weighted by Gasteiger charge is 2.30. The molecule has 7 heteroatoms. The van der Waals surface area contributed by atoms with Crippen LogP contribution in [0, 0.1) is 0 Å². The number of hydrogen-bond donors (Lipinski definition) is 2. The van der Waals surface area contributed by atoms with Gasteiger partial charge in [-0.1, -0.05) is 17.7 Å². The highest BCUT2D eigenvalue weighted by Crippen LogP contribution is 2.36. The Labute approximate surface area is 106 Å². The van der Waals surface area contributed by atoms with Crippen LogP contribution in [0.4, 0.5) is 24.5 Å². The van der Waals surface area contributed by atoms with Gasteiger partial charge in [-0.15, -0.1) is 0 Å². The third-order valence-electron chi connectivity index (χ3n) is 2.55. The molecule has 3 nitrogen and oxygen atoms in total. The molecule has 0 saturated heterocycles. The van der Waals surface area contributed by atoms with Gasteiger partial charge >= 0.3 is 6.18 Å². The van der Waals surface area contributed by atoms with Crippen molar-refractivity contribution in [2.24, 2.45) is 0 Å². The van der Waals surface area contributed by atoms with E-state index in [2.05, 4.69) is 10.3 Å². The average molecular weight is 276 g/mol. The van der Waals surface area contributed by atoms with Gasteiger partial charge in [0.05, 0.1) is 22.5 Å². The maximum Gasteiger partial charge on any atom is 0.416 e. The van der Waals surface area contributed by atoms with E-state index in [0.29, 0.717) is 11.1 Å². The summed E-state index contributed by atoms with van der Waals surface area (Å²) in [5.74, 6) is 0. The van der Waals surface area contributed by atoms with Crippen LogP contribution in [0.25, 0.3) is 10.9 Å². The molecule has 1 aromatic heterocycles. The first-order valence-electron chi connectivity index (χ1n) is 4.98. The van der Waals surface area contributed by atoms with Crippen molar-refractivity contribution in [2.75, 3.05) is 18.1 Å². The zero-order chi connectivity index (χ0) is 13.5. The molecule has 0 atom stereocenters. The van der Waals surface area contributed by atoms with E-state index in [4.69, 9.17) is 17.3 Å². The van der Waals surface area contributed by atoms with Crippen LogP contribution < -0.4 is 11.1 Å². The average Bonchev–Trinajstić information content (AvgIpc) is 2.29. The van der Waals surface area contributed by atoms with Crippen molar-refractivity contribution >= 4 is 33.9 Å². The number of nitrogen functional groups attached to an aromatic ring is 1. The minimum atomic E-state index is -4.41. The van der Waals surface area contributed by atoms with Crippen molar-refractivity contribution in [3.63, 3.8) is 0 Å². The van der Waals surface area contributed by atoms with Gasteiger partial charge in [-0.2, -0.15) is 13.2 Å². The maximum atomic E-state index is 12.6. The first-order valence-corrected chi connectivity index (χ1v) is 5.36. The fourth-order valence-corrected chi connectivity index (χ4v) is 1.88. The number of nitrogens with zero attached hydrogens (tertiary/aromatic N) is 1. The Morgan fingerprint density at radius 1 is 1.33 bits per heavy atom. The lowest BCUT2D eigenvalue weighted by atomic mass is 10.1. The summed E-state index contributed by atoms with van der Waals surface area (Å²) in [5.41, 5.74) is 5.76. The first kappa shape index (κ1) is 12.8. The molecule has 0 amide bonds. The number of nitrogens with two attached hydrogens (primary N) is 1. The largest absolute Gasteiger partial charge is 0.416 e. The fourth-order valence-electron chi connectivity index (χ4n) is 1.70. The van der Waals surface area contributed by atoms with E-state index in [1.165, 1.54) is 6.07 Å². The Balaban J connectivity index is 2.76. The number of aromatic nitrogens is 1. The molecular formula is C11H9ClF3N3. The van der Waals surface area contributed by atoms with Crippen molar-refractivity contribution in [1.29, 1.82) is 0 Å². The second kappa shape index (κ2) is 4.20. The van der Waals surface area contributed by atoms with Crippen molar-refractivity contribution in [3.05, 3.63) is 28.9 Å². The van der Waals surface area contributed by atoms with E-state index >= 15 is 0 Å². The molecule has 2 aromatic rings. The molecule has 0 spiro atoms. The lowest BCUT2D eigenvalue weighted by molar-refractivity contribution is -0.137. The van der Waals surface area contributed by atoms with Crippen LogP contribution in [0.2, 0.25) is 5.15 Å². The Bertz CT molecular complexity index is 610. The molecule has 1 heterocycles. The summed E-state index contributed by atoms with van der Waals surface area (Å²) >= 11 is 5.78. The van der Waals surface area contributed by atoms with E-state index < -0.39 is 11.7 Å². The maximum absolute atomic E-state index is 12.6. The number of alkyl halides is 3. The normalized spacial score (nSPS) is 11.8. The van der Waals surface area contributed by atoms with Crippen LogP contribution in [-0.4, -0.2) is 12.0 Å². The second-order valence-corrected chi connectivity index (χ2v) is 4.03. The zero-order valence-corrected chi connectivity index (χ0v) is 10.0. The van der Waals surface area contributed by atoms with Crippen molar-refractivity contribution in [3.8, 4) is 0 Å². The molecular weight excluding hydrogens is 267 g/mol. The Morgan fingerprint density at radius 3 is 2.56 bits per heavy atom. The summed E-state index contributed by atoms with van der Waals surface area (Å²) in [5, 5.41) is 3.28. The van der Waals surface area contributed by atoms with E-state index in [-0.39, 0.29) is 16.4 Å². The predicted molar refractivity (Wildman–Crippen MR) is 65.7 cm³/mol. The third-order valence-corrected chi connectivity index (χ3v) is 2.84. The van der Waals surface area contributed by atoms with Gasteiger partial charge in [-0.3, -0.25) is 0 Å². The van der Waals surface area contributed by atoms with Gasteiger partial charge in [0.2, 0.25) is 0 Å². The SMILES string of the molecule is CNc1c(N)c(Cl)nc2cc(C(F)(F)F)ccc12. The highest BCUT2D eigenvalue weighted by atomic mass is 35.5. The summed E-state index contributed by atoms with van der Waals surface area (Å²) < 4.78 is 37.7. The van der Waals surface area contributed by atoms with Crippen LogP contribution in [-0.2, 0) is 6.18 Å². The summed E-state index contributed by atoms with van der Waals surface area (Å²) in [6.07, 6.45) is -4.41. The van der Waals surface area contributed by atoms with E-state index in [1.54, 1.807) is 7.05 Å². The second-order valence-electron chi connectivity index (χ2n) is 3.67. The van der Waals surface area contributed by atoms with Crippen LogP contribution >= 0.6 is 11.6 Å². The molecule has 0 saturated carbocycles. The quantitative estimate of drug-likeness (QED) is 0.783.